The van der Waals surface area contributed by atoms with Crippen LogP contribution in [0, 0.1) is 5.92 Å². The molecule has 2 aliphatic rings. The van der Waals surface area contributed by atoms with Gasteiger partial charge in [0.1, 0.15) is 12.0 Å². The molecule has 0 unspecified atom stereocenters. The second kappa shape index (κ2) is 11.0. The fourth-order valence-corrected chi connectivity index (χ4v) is 4.96. The molecule has 3 N–H and O–H groups in total. The number of carbonyl (C=O) groups excluding carboxylic acids is 1. The number of benzene rings is 1. The zero-order chi connectivity index (χ0) is 22.3. The van der Waals surface area contributed by atoms with Gasteiger partial charge < -0.3 is 15.7 Å². The summed E-state index contributed by atoms with van der Waals surface area (Å²) in [5, 5.41) is 16.7. The minimum absolute atomic E-state index is 0.213. The standard InChI is InChI=1S/C25H35N5O2/c1-26-21-8-6-18(7-9-21)12-22-13-24(29-17-28-22)25(32)27-14-23(31)16-30-11-10-19-4-2-3-5-20(19)15-30/h2-5,13,17-18,21,23,26,31H,6-12,14-16H2,1H3,(H,27,32)/t18?,21?,23-/m0/s1. The number of fused-ring (bicyclic) bond motifs is 1. The Kier molecular flexibility index (Phi) is 7.84. The van der Waals surface area contributed by atoms with E-state index < -0.39 is 6.10 Å². The second-order valence-electron chi connectivity index (χ2n) is 9.22. The largest absolute Gasteiger partial charge is 0.390 e. The average molecular weight is 438 g/mol. The normalized spacial score (nSPS) is 22.2. The van der Waals surface area contributed by atoms with Crippen molar-refractivity contribution in [2.75, 3.05) is 26.7 Å². The maximum atomic E-state index is 12.6. The van der Waals surface area contributed by atoms with Gasteiger partial charge in [0.2, 0.25) is 0 Å². The van der Waals surface area contributed by atoms with Crippen molar-refractivity contribution < 1.29 is 9.90 Å². The molecule has 1 aliphatic heterocycles. The van der Waals surface area contributed by atoms with Crippen molar-refractivity contribution in [1.29, 1.82) is 0 Å². The molecule has 4 rings (SSSR count). The summed E-state index contributed by atoms with van der Waals surface area (Å²) >= 11 is 0. The molecule has 0 bridgehead atoms. The van der Waals surface area contributed by atoms with Crippen LogP contribution in [0.25, 0.3) is 0 Å². The Hall–Kier alpha value is -2.35. The van der Waals surface area contributed by atoms with E-state index in [9.17, 15) is 9.90 Å². The second-order valence-corrected chi connectivity index (χ2v) is 9.22. The van der Waals surface area contributed by atoms with E-state index in [2.05, 4.69) is 49.8 Å². The SMILES string of the molecule is CNC1CCC(Cc2cc(C(=O)NC[C@H](O)CN3CCc4ccccc4C3)ncn2)CC1. The summed E-state index contributed by atoms with van der Waals surface area (Å²) in [7, 11) is 2.03. The minimum atomic E-state index is -0.618. The summed E-state index contributed by atoms with van der Waals surface area (Å²) in [5.74, 6) is 0.359. The molecule has 1 atom stereocenters. The van der Waals surface area contributed by atoms with Gasteiger partial charge in [0, 0.05) is 37.9 Å². The number of nitrogens with one attached hydrogen (secondary N) is 2. The molecular weight excluding hydrogens is 402 g/mol. The van der Waals surface area contributed by atoms with E-state index in [1.54, 1.807) is 6.07 Å². The number of amides is 1. The topological polar surface area (TPSA) is 90.4 Å². The monoisotopic (exact) mass is 437 g/mol. The van der Waals surface area contributed by atoms with Gasteiger partial charge in [0.05, 0.1) is 6.10 Å². The van der Waals surface area contributed by atoms with Crippen molar-refractivity contribution in [3.05, 3.63) is 59.2 Å². The van der Waals surface area contributed by atoms with Gasteiger partial charge in [-0.2, -0.15) is 0 Å². The van der Waals surface area contributed by atoms with Crippen LogP contribution in [-0.4, -0.2) is 64.7 Å². The predicted molar refractivity (Wildman–Crippen MR) is 124 cm³/mol. The molecule has 7 nitrogen and oxygen atoms in total. The summed E-state index contributed by atoms with van der Waals surface area (Å²) < 4.78 is 0. The first-order valence-electron chi connectivity index (χ1n) is 11.8. The first kappa shape index (κ1) is 22.8. The van der Waals surface area contributed by atoms with Crippen LogP contribution >= 0.6 is 0 Å². The predicted octanol–water partition coefficient (Wildman–Crippen LogP) is 1.95. The molecule has 2 heterocycles. The summed E-state index contributed by atoms with van der Waals surface area (Å²) in [5.41, 5.74) is 4.01. The third kappa shape index (κ3) is 6.12. The lowest BCUT2D eigenvalue weighted by molar-refractivity contribution is 0.0838. The van der Waals surface area contributed by atoms with Gasteiger partial charge in [-0.05, 0) is 68.7 Å². The number of aromatic nitrogens is 2. The van der Waals surface area contributed by atoms with Crippen LogP contribution in [0.1, 0.15) is 53.0 Å². The number of nitrogens with zero attached hydrogens (tertiary/aromatic N) is 3. The highest BCUT2D eigenvalue weighted by molar-refractivity contribution is 5.92. The third-order valence-electron chi connectivity index (χ3n) is 6.89. The van der Waals surface area contributed by atoms with Gasteiger partial charge in [-0.3, -0.25) is 9.69 Å². The summed E-state index contributed by atoms with van der Waals surface area (Å²) in [6.45, 7) is 2.52. The van der Waals surface area contributed by atoms with Gasteiger partial charge in [-0.15, -0.1) is 0 Å². The van der Waals surface area contributed by atoms with Gasteiger partial charge >= 0.3 is 0 Å². The smallest absolute Gasteiger partial charge is 0.270 e. The fourth-order valence-electron chi connectivity index (χ4n) is 4.96. The molecule has 0 saturated heterocycles. The quantitative estimate of drug-likeness (QED) is 0.585. The van der Waals surface area contributed by atoms with Crippen LogP contribution in [0.3, 0.4) is 0 Å². The summed E-state index contributed by atoms with van der Waals surface area (Å²) in [4.78, 5) is 23.4. The van der Waals surface area contributed by atoms with E-state index >= 15 is 0 Å². The van der Waals surface area contributed by atoms with Crippen LogP contribution in [0.5, 0.6) is 0 Å². The highest BCUT2D eigenvalue weighted by Gasteiger charge is 2.22. The van der Waals surface area contributed by atoms with E-state index in [4.69, 9.17) is 0 Å². The van der Waals surface area contributed by atoms with E-state index in [0.717, 1.165) is 31.6 Å². The van der Waals surface area contributed by atoms with Gasteiger partial charge in [0.25, 0.3) is 5.91 Å². The molecule has 7 heteroatoms. The lowest BCUT2D eigenvalue weighted by Crippen LogP contribution is -2.42. The molecule has 1 saturated carbocycles. The molecule has 1 aliphatic carbocycles. The third-order valence-corrected chi connectivity index (χ3v) is 6.89. The van der Waals surface area contributed by atoms with Gasteiger partial charge in [0.15, 0.2) is 0 Å². The number of rotatable bonds is 8. The number of hydrogen-bond acceptors (Lipinski definition) is 6. The van der Waals surface area contributed by atoms with E-state index in [0.29, 0.717) is 24.2 Å². The first-order valence-corrected chi connectivity index (χ1v) is 11.8. The Morgan fingerprint density at radius 3 is 2.75 bits per heavy atom. The molecule has 0 spiro atoms. The zero-order valence-electron chi connectivity index (χ0n) is 19.0. The molecule has 1 aromatic heterocycles. The highest BCUT2D eigenvalue weighted by atomic mass is 16.3. The van der Waals surface area contributed by atoms with E-state index in [1.807, 2.05) is 7.05 Å². The van der Waals surface area contributed by atoms with Crippen LogP contribution in [0.4, 0.5) is 0 Å². The Morgan fingerprint density at radius 2 is 1.97 bits per heavy atom. The van der Waals surface area contributed by atoms with Crippen molar-refractivity contribution in [3.8, 4) is 0 Å². The van der Waals surface area contributed by atoms with Crippen molar-refractivity contribution in [1.82, 2.24) is 25.5 Å². The van der Waals surface area contributed by atoms with Gasteiger partial charge in [-0.1, -0.05) is 24.3 Å². The van der Waals surface area contributed by atoms with Crippen molar-refractivity contribution in [2.24, 2.45) is 5.92 Å². The van der Waals surface area contributed by atoms with Crippen LogP contribution in [0.15, 0.2) is 36.7 Å². The van der Waals surface area contributed by atoms with Crippen molar-refractivity contribution in [2.45, 2.75) is 57.2 Å². The van der Waals surface area contributed by atoms with Crippen molar-refractivity contribution in [3.63, 3.8) is 0 Å². The molecule has 0 radical (unpaired) electrons. The fraction of sp³-hybridized carbons (Fsp3) is 0.560. The maximum absolute atomic E-state index is 12.6. The van der Waals surface area contributed by atoms with Crippen LogP contribution in [-0.2, 0) is 19.4 Å². The zero-order valence-corrected chi connectivity index (χ0v) is 19.0. The first-order chi connectivity index (χ1) is 15.6. The molecule has 1 fully saturated rings. The molecule has 32 heavy (non-hydrogen) atoms. The Bertz CT molecular complexity index is 897. The molecule has 2 aromatic rings. The number of hydrogen-bond donors (Lipinski definition) is 3. The van der Waals surface area contributed by atoms with Crippen molar-refractivity contribution >= 4 is 5.91 Å². The molecule has 1 aromatic carbocycles. The Balaban J connectivity index is 1.23. The molecule has 172 valence electrons. The maximum Gasteiger partial charge on any atom is 0.270 e. The number of aliphatic hydroxyl groups excluding tert-OH is 1. The summed E-state index contributed by atoms with van der Waals surface area (Å²) in [6, 6.07) is 10.9. The average Bonchev–Trinajstić information content (AvgIpc) is 2.83. The Morgan fingerprint density at radius 1 is 1.19 bits per heavy atom. The molecule has 1 amide bonds. The van der Waals surface area contributed by atoms with Gasteiger partial charge in [-0.25, -0.2) is 9.97 Å². The number of β-amino-alcohol motifs (C(OH)–C–C–N with tert-alkyl or cyclic N) is 1. The lowest BCUT2D eigenvalue weighted by Gasteiger charge is -2.30. The lowest BCUT2D eigenvalue weighted by atomic mass is 9.83. The van der Waals surface area contributed by atoms with Crippen LogP contribution < -0.4 is 10.6 Å². The van der Waals surface area contributed by atoms with E-state index in [-0.39, 0.29) is 12.5 Å². The minimum Gasteiger partial charge on any atom is -0.390 e. The number of aliphatic hydroxyl groups is 1. The number of carbonyl (C=O) groups is 1. The Labute approximate surface area is 190 Å². The van der Waals surface area contributed by atoms with Crippen LogP contribution in [0.2, 0.25) is 0 Å². The summed E-state index contributed by atoms with van der Waals surface area (Å²) in [6.07, 6.45) is 7.50. The highest BCUT2D eigenvalue weighted by Crippen LogP contribution is 2.26. The van der Waals surface area contributed by atoms with E-state index in [1.165, 1.54) is 43.1 Å². The molecular formula is C25H35N5O2.